The number of methoxy groups -OCH3 is 1. The molecule has 2 N–H and O–H groups in total. The maximum absolute atomic E-state index is 11.7. The van der Waals surface area contributed by atoms with Crippen molar-refractivity contribution in [3.05, 3.63) is 23.8 Å². The van der Waals surface area contributed by atoms with Gasteiger partial charge in [-0.1, -0.05) is 0 Å². The zero-order valence-electron chi connectivity index (χ0n) is 10.4. The van der Waals surface area contributed by atoms with E-state index in [4.69, 9.17) is 9.84 Å². The van der Waals surface area contributed by atoms with Crippen molar-refractivity contribution >= 4 is 29.3 Å². The number of anilines is 1. The van der Waals surface area contributed by atoms with Gasteiger partial charge in [-0.15, -0.1) is 0 Å². The number of hydrogen-bond acceptors (Lipinski definition) is 4. The number of aromatic carboxylic acids is 1. The molecule has 0 heterocycles. The summed E-state index contributed by atoms with van der Waals surface area (Å²) in [6, 6.07) is 4.50. The molecule has 0 fully saturated rings. The first-order valence-electron chi connectivity index (χ1n) is 5.24. The van der Waals surface area contributed by atoms with Crippen LogP contribution in [0.1, 0.15) is 17.3 Å². The minimum absolute atomic E-state index is 0.0102. The number of ether oxygens (including phenoxy) is 1. The number of hydrogen-bond donors (Lipinski definition) is 2. The Morgan fingerprint density at radius 2 is 2.11 bits per heavy atom. The Bertz CT molecular complexity index is 461. The van der Waals surface area contributed by atoms with Crippen LogP contribution in [0, 0.1) is 0 Å². The Morgan fingerprint density at radius 3 is 2.61 bits per heavy atom. The Labute approximate surface area is 110 Å². The molecule has 1 rings (SSSR count). The molecular formula is C12H15NO4S. The van der Waals surface area contributed by atoms with Gasteiger partial charge in [0, 0.05) is 0 Å². The van der Waals surface area contributed by atoms with E-state index in [0.717, 1.165) is 0 Å². The van der Waals surface area contributed by atoms with E-state index in [1.807, 2.05) is 6.26 Å². The average molecular weight is 269 g/mol. The maximum Gasteiger partial charge on any atom is 0.337 e. The highest BCUT2D eigenvalue weighted by atomic mass is 32.2. The lowest BCUT2D eigenvalue weighted by Crippen LogP contribution is -2.23. The van der Waals surface area contributed by atoms with Gasteiger partial charge in [-0.3, -0.25) is 4.79 Å². The smallest absolute Gasteiger partial charge is 0.337 e. The van der Waals surface area contributed by atoms with Gasteiger partial charge in [-0.05, 0) is 31.4 Å². The van der Waals surface area contributed by atoms with Gasteiger partial charge in [0.1, 0.15) is 5.75 Å². The Balaban J connectivity index is 3.01. The summed E-state index contributed by atoms with van der Waals surface area (Å²) >= 11 is 1.39. The predicted octanol–water partition coefficient (Wildman–Crippen LogP) is 2.08. The molecule has 5 nitrogen and oxygen atoms in total. The van der Waals surface area contributed by atoms with Crippen molar-refractivity contribution < 1.29 is 19.4 Å². The highest BCUT2D eigenvalue weighted by Gasteiger charge is 2.16. The normalized spacial score (nSPS) is 11.7. The number of rotatable bonds is 5. The van der Waals surface area contributed by atoms with Crippen LogP contribution in [0.5, 0.6) is 5.75 Å². The molecule has 0 saturated carbocycles. The number of carbonyl (C=O) groups is 2. The standard InChI is InChI=1S/C12H15NO4S/c1-7(18-3)11(14)13-10-5-4-8(17-2)6-9(10)12(15)16/h4-7H,1-3H3,(H,13,14)(H,15,16). The molecule has 1 atom stereocenters. The van der Waals surface area contributed by atoms with Crippen LogP contribution in [0.4, 0.5) is 5.69 Å². The summed E-state index contributed by atoms with van der Waals surface area (Å²) in [6.45, 7) is 1.75. The summed E-state index contributed by atoms with van der Waals surface area (Å²) in [6.07, 6.45) is 1.82. The van der Waals surface area contributed by atoms with Gasteiger partial charge in [0.05, 0.1) is 23.6 Å². The third kappa shape index (κ3) is 3.40. The summed E-state index contributed by atoms with van der Waals surface area (Å²) in [7, 11) is 1.45. The zero-order valence-corrected chi connectivity index (χ0v) is 11.2. The fourth-order valence-corrected chi connectivity index (χ4v) is 1.55. The number of carbonyl (C=O) groups excluding carboxylic acids is 1. The van der Waals surface area contributed by atoms with Gasteiger partial charge in [0.2, 0.25) is 5.91 Å². The first-order chi connectivity index (χ1) is 8.49. The molecule has 0 aliphatic heterocycles. The van der Waals surface area contributed by atoms with Crippen LogP contribution in [0.3, 0.4) is 0 Å². The quantitative estimate of drug-likeness (QED) is 0.856. The highest BCUT2D eigenvalue weighted by molar-refractivity contribution is 7.99. The highest BCUT2D eigenvalue weighted by Crippen LogP contribution is 2.23. The summed E-state index contributed by atoms with van der Waals surface area (Å²) in [5.74, 6) is -0.903. The molecule has 6 heteroatoms. The number of carboxylic acids is 1. The fraction of sp³-hybridized carbons (Fsp3) is 0.333. The van der Waals surface area contributed by atoms with Crippen LogP contribution in [-0.2, 0) is 4.79 Å². The van der Waals surface area contributed by atoms with Crippen molar-refractivity contribution in [2.24, 2.45) is 0 Å². The van der Waals surface area contributed by atoms with Crippen molar-refractivity contribution in [1.82, 2.24) is 0 Å². The molecule has 0 aliphatic rings. The van der Waals surface area contributed by atoms with Crippen molar-refractivity contribution in [2.75, 3.05) is 18.7 Å². The number of thioether (sulfide) groups is 1. The van der Waals surface area contributed by atoms with E-state index in [1.165, 1.54) is 31.0 Å². The molecule has 0 radical (unpaired) electrons. The van der Waals surface area contributed by atoms with Crippen LogP contribution in [-0.4, -0.2) is 35.6 Å². The summed E-state index contributed by atoms with van der Waals surface area (Å²) in [5, 5.41) is 11.4. The van der Waals surface area contributed by atoms with Crippen LogP contribution < -0.4 is 10.1 Å². The predicted molar refractivity (Wildman–Crippen MR) is 71.6 cm³/mol. The topological polar surface area (TPSA) is 75.6 Å². The minimum atomic E-state index is -1.11. The Morgan fingerprint density at radius 1 is 1.44 bits per heavy atom. The second kappa shape index (κ2) is 6.30. The third-order valence-corrected chi connectivity index (χ3v) is 3.36. The van der Waals surface area contributed by atoms with E-state index in [9.17, 15) is 9.59 Å². The average Bonchev–Trinajstić information content (AvgIpc) is 2.37. The van der Waals surface area contributed by atoms with Crippen molar-refractivity contribution in [3.8, 4) is 5.75 Å². The van der Waals surface area contributed by atoms with E-state index < -0.39 is 5.97 Å². The van der Waals surface area contributed by atoms with Gasteiger partial charge >= 0.3 is 5.97 Å². The molecule has 1 amide bonds. The molecular weight excluding hydrogens is 254 g/mol. The van der Waals surface area contributed by atoms with Crippen LogP contribution in [0.15, 0.2) is 18.2 Å². The van der Waals surface area contributed by atoms with E-state index in [-0.39, 0.29) is 22.4 Å². The summed E-state index contributed by atoms with van der Waals surface area (Å²) in [4.78, 5) is 22.8. The second-order valence-corrected chi connectivity index (χ2v) is 4.76. The monoisotopic (exact) mass is 269 g/mol. The molecule has 1 aromatic carbocycles. The fourth-order valence-electron chi connectivity index (χ4n) is 1.28. The Kier molecular flexibility index (Phi) is 5.03. The lowest BCUT2D eigenvalue weighted by atomic mass is 10.1. The first-order valence-corrected chi connectivity index (χ1v) is 6.53. The van der Waals surface area contributed by atoms with Gasteiger partial charge in [0.25, 0.3) is 0 Å². The van der Waals surface area contributed by atoms with Gasteiger partial charge in [0.15, 0.2) is 0 Å². The lowest BCUT2D eigenvalue weighted by molar-refractivity contribution is -0.115. The van der Waals surface area contributed by atoms with Gasteiger partial charge < -0.3 is 15.2 Å². The van der Waals surface area contributed by atoms with Crippen molar-refractivity contribution in [1.29, 1.82) is 0 Å². The molecule has 98 valence electrons. The van der Waals surface area contributed by atoms with E-state index in [0.29, 0.717) is 5.75 Å². The van der Waals surface area contributed by atoms with E-state index in [2.05, 4.69) is 5.32 Å². The molecule has 0 saturated heterocycles. The van der Waals surface area contributed by atoms with Crippen LogP contribution in [0.2, 0.25) is 0 Å². The van der Waals surface area contributed by atoms with Crippen molar-refractivity contribution in [3.63, 3.8) is 0 Å². The molecule has 0 bridgehead atoms. The van der Waals surface area contributed by atoms with Crippen molar-refractivity contribution in [2.45, 2.75) is 12.2 Å². The van der Waals surface area contributed by atoms with E-state index >= 15 is 0 Å². The van der Waals surface area contributed by atoms with E-state index in [1.54, 1.807) is 13.0 Å². The van der Waals surface area contributed by atoms with Crippen LogP contribution in [0.25, 0.3) is 0 Å². The van der Waals surface area contributed by atoms with Crippen LogP contribution >= 0.6 is 11.8 Å². The summed E-state index contributed by atoms with van der Waals surface area (Å²) < 4.78 is 4.95. The Hall–Kier alpha value is -1.69. The number of amides is 1. The molecule has 0 aromatic heterocycles. The molecule has 1 unspecified atom stereocenters. The number of nitrogens with one attached hydrogen (secondary N) is 1. The maximum atomic E-state index is 11.7. The lowest BCUT2D eigenvalue weighted by Gasteiger charge is -2.12. The first kappa shape index (κ1) is 14.4. The van der Waals surface area contributed by atoms with Gasteiger partial charge in [-0.2, -0.15) is 11.8 Å². The number of benzene rings is 1. The molecule has 0 aliphatic carbocycles. The molecule has 0 spiro atoms. The molecule has 18 heavy (non-hydrogen) atoms. The molecule has 1 aromatic rings. The largest absolute Gasteiger partial charge is 0.497 e. The third-order valence-electron chi connectivity index (χ3n) is 2.44. The summed E-state index contributed by atoms with van der Waals surface area (Å²) in [5.41, 5.74) is 0.283. The minimum Gasteiger partial charge on any atom is -0.497 e. The van der Waals surface area contributed by atoms with Gasteiger partial charge in [-0.25, -0.2) is 4.79 Å². The second-order valence-electron chi connectivity index (χ2n) is 3.58. The number of carboxylic acid groups (broad SMARTS) is 1. The SMILES string of the molecule is COc1ccc(NC(=O)C(C)SC)c(C(=O)O)c1. The zero-order chi connectivity index (χ0) is 13.7.